The Labute approximate surface area is 165 Å². The average molecular weight is 377 g/mol. The van der Waals surface area contributed by atoms with E-state index >= 15 is 0 Å². The molecule has 1 unspecified atom stereocenters. The van der Waals surface area contributed by atoms with E-state index in [1.54, 1.807) is 4.90 Å². The second kappa shape index (κ2) is 7.66. The van der Waals surface area contributed by atoms with Crippen LogP contribution in [0.2, 0.25) is 0 Å². The Morgan fingerprint density at radius 3 is 2.71 bits per heavy atom. The van der Waals surface area contributed by atoms with E-state index in [0.29, 0.717) is 0 Å². The van der Waals surface area contributed by atoms with E-state index in [1.807, 2.05) is 6.07 Å². The van der Waals surface area contributed by atoms with E-state index in [0.717, 1.165) is 60.3 Å². The van der Waals surface area contributed by atoms with Gasteiger partial charge in [-0.25, -0.2) is 9.78 Å². The zero-order chi connectivity index (χ0) is 19.7. The molecule has 0 saturated carbocycles. The lowest BCUT2D eigenvalue weighted by Crippen LogP contribution is -2.42. The van der Waals surface area contributed by atoms with Gasteiger partial charge in [0.05, 0.1) is 23.8 Å². The minimum Gasteiger partial charge on any atom is -0.452 e. The van der Waals surface area contributed by atoms with Gasteiger partial charge in [-0.2, -0.15) is 0 Å². The van der Waals surface area contributed by atoms with Gasteiger partial charge in [-0.1, -0.05) is 37.3 Å². The number of methoxy groups -OCH3 is 1. The second-order valence-electron chi connectivity index (χ2n) is 7.50. The summed E-state index contributed by atoms with van der Waals surface area (Å²) < 4.78 is 7.37. The van der Waals surface area contributed by atoms with Crippen LogP contribution >= 0.6 is 0 Å². The number of carbonyl (C=O) groups is 1. The molecule has 28 heavy (non-hydrogen) atoms. The lowest BCUT2D eigenvalue weighted by Gasteiger charge is -2.34. The first-order valence-electron chi connectivity index (χ1n) is 10.1. The molecule has 0 fully saturated rings. The van der Waals surface area contributed by atoms with Crippen molar-refractivity contribution in [3.05, 3.63) is 59.4 Å². The van der Waals surface area contributed by atoms with Gasteiger partial charge >= 0.3 is 6.09 Å². The molecule has 2 heterocycles. The van der Waals surface area contributed by atoms with Crippen molar-refractivity contribution < 1.29 is 9.53 Å². The number of amides is 1. The molecule has 0 saturated heterocycles. The fourth-order valence-electron chi connectivity index (χ4n) is 4.24. The van der Waals surface area contributed by atoms with Crippen molar-refractivity contribution in [2.45, 2.75) is 52.1 Å². The van der Waals surface area contributed by atoms with E-state index < -0.39 is 0 Å². The van der Waals surface area contributed by atoms with Crippen LogP contribution in [0.1, 0.15) is 43.6 Å². The van der Waals surface area contributed by atoms with Crippen LogP contribution in [0, 0.1) is 0 Å². The van der Waals surface area contributed by atoms with Crippen molar-refractivity contribution in [3.8, 4) is 0 Å². The van der Waals surface area contributed by atoms with Gasteiger partial charge in [0.2, 0.25) is 0 Å². The first-order chi connectivity index (χ1) is 13.6. The van der Waals surface area contributed by atoms with Gasteiger partial charge in [0.1, 0.15) is 5.82 Å². The van der Waals surface area contributed by atoms with Crippen LogP contribution in [0.4, 0.5) is 10.5 Å². The molecule has 0 N–H and O–H groups in total. The standard InChI is InChI=1S/C23H27N3O2/c1-4-14-25-20-13-12-19-18(11-10-16(2)26(19)23(27)28-3)22(20)24-21(25)15-17-8-6-5-7-9-17/h5-9,12-13,16H,4,10-11,14-15H2,1-3H3. The molecule has 2 aromatic carbocycles. The zero-order valence-electron chi connectivity index (χ0n) is 16.8. The molecule has 5 nitrogen and oxygen atoms in total. The van der Waals surface area contributed by atoms with Gasteiger partial charge in [-0.05, 0) is 43.9 Å². The summed E-state index contributed by atoms with van der Waals surface area (Å²) in [7, 11) is 1.44. The second-order valence-corrected chi connectivity index (χ2v) is 7.50. The molecule has 1 aromatic heterocycles. The summed E-state index contributed by atoms with van der Waals surface area (Å²) >= 11 is 0. The molecule has 5 heteroatoms. The smallest absolute Gasteiger partial charge is 0.414 e. The Hall–Kier alpha value is -2.82. The lowest BCUT2D eigenvalue weighted by atomic mass is 9.96. The van der Waals surface area contributed by atoms with Crippen molar-refractivity contribution in [1.82, 2.24) is 9.55 Å². The SMILES string of the molecule is CCCn1c(Cc2ccccc2)nc2c3c(ccc21)N(C(=O)OC)C(C)CC3. The maximum atomic E-state index is 12.4. The minimum absolute atomic E-state index is 0.124. The summed E-state index contributed by atoms with van der Waals surface area (Å²) in [5, 5.41) is 0. The normalized spacial score (nSPS) is 16.2. The molecule has 1 atom stereocenters. The quantitative estimate of drug-likeness (QED) is 0.647. The van der Waals surface area contributed by atoms with Crippen LogP contribution in [0.5, 0.6) is 0 Å². The van der Waals surface area contributed by atoms with Crippen LogP contribution < -0.4 is 4.90 Å². The average Bonchev–Trinajstić information content (AvgIpc) is 3.05. The first kappa shape index (κ1) is 18.5. The molecule has 3 aromatic rings. The van der Waals surface area contributed by atoms with Gasteiger partial charge in [0.25, 0.3) is 0 Å². The van der Waals surface area contributed by atoms with Crippen LogP contribution in [0.15, 0.2) is 42.5 Å². The monoisotopic (exact) mass is 377 g/mol. The fraction of sp³-hybridized carbons (Fsp3) is 0.391. The van der Waals surface area contributed by atoms with Crippen molar-refractivity contribution in [1.29, 1.82) is 0 Å². The molecule has 1 aliphatic rings. The third kappa shape index (κ3) is 3.15. The number of rotatable bonds is 4. The number of ether oxygens (including phenoxy) is 1. The lowest BCUT2D eigenvalue weighted by molar-refractivity contribution is 0.175. The predicted octanol–water partition coefficient (Wildman–Crippen LogP) is 4.94. The van der Waals surface area contributed by atoms with Crippen molar-refractivity contribution >= 4 is 22.8 Å². The number of hydrogen-bond donors (Lipinski definition) is 0. The highest BCUT2D eigenvalue weighted by Gasteiger charge is 2.31. The molecule has 0 spiro atoms. The number of nitrogens with zero attached hydrogens (tertiary/aromatic N) is 3. The molecule has 4 rings (SSSR count). The highest BCUT2D eigenvalue weighted by Crippen LogP contribution is 2.36. The van der Waals surface area contributed by atoms with E-state index in [-0.39, 0.29) is 12.1 Å². The molecule has 0 bridgehead atoms. The number of fused-ring (bicyclic) bond motifs is 3. The molecule has 1 aliphatic heterocycles. The Bertz CT molecular complexity index is 994. The van der Waals surface area contributed by atoms with Crippen LogP contribution in [-0.4, -0.2) is 28.8 Å². The number of imidazole rings is 1. The maximum absolute atomic E-state index is 12.4. The molecule has 0 aliphatic carbocycles. The molecular weight excluding hydrogens is 350 g/mol. The van der Waals surface area contributed by atoms with Gasteiger partial charge in [-0.15, -0.1) is 0 Å². The predicted molar refractivity (Wildman–Crippen MR) is 112 cm³/mol. The number of aromatic nitrogens is 2. The van der Waals surface area contributed by atoms with Gasteiger partial charge in [0, 0.05) is 24.6 Å². The summed E-state index contributed by atoms with van der Waals surface area (Å²) in [6.45, 7) is 5.20. The van der Waals surface area contributed by atoms with Crippen molar-refractivity contribution in [2.75, 3.05) is 12.0 Å². The zero-order valence-corrected chi connectivity index (χ0v) is 16.8. The van der Waals surface area contributed by atoms with Crippen molar-refractivity contribution in [2.24, 2.45) is 0 Å². The topological polar surface area (TPSA) is 47.4 Å². The molecule has 1 amide bonds. The summed E-state index contributed by atoms with van der Waals surface area (Å²) in [5.74, 6) is 1.08. The molecule has 146 valence electrons. The summed E-state index contributed by atoms with van der Waals surface area (Å²) in [6.07, 6.45) is 3.40. The van der Waals surface area contributed by atoms with Gasteiger partial charge in [0.15, 0.2) is 0 Å². The largest absolute Gasteiger partial charge is 0.452 e. The number of benzene rings is 2. The Morgan fingerprint density at radius 2 is 2.00 bits per heavy atom. The van der Waals surface area contributed by atoms with E-state index in [4.69, 9.17) is 9.72 Å². The third-order valence-electron chi connectivity index (χ3n) is 5.62. The minimum atomic E-state index is -0.301. The van der Waals surface area contributed by atoms with Crippen LogP contribution in [0.25, 0.3) is 11.0 Å². The third-order valence-corrected chi connectivity index (χ3v) is 5.62. The first-order valence-corrected chi connectivity index (χ1v) is 10.1. The van der Waals surface area contributed by atoms with E-state index in [9.17, 15) is 4.79 Å². The Kier molecular flexibility index (Phi) is 5.07. The summed E-state index contributed by atoms with van der Waals surface area (Å²) in [5.41, 5.74) is 5.54. The number of anilines is 1. The number of hydrogen-bond acceptors (Lipinski definition) is 3. The Morgan fingerprint density at radius 1 is 1.21 bits per heavy atom. The van der Waals surface area contributed by atoms with Crippen LogP contribution in [-0.2, 0) is 24.1 Å². The van der Waals surface area contributed by atoms with Gasteiger partial charge in [-0.3, -0.25) is 4.90 Å². The fourth-order valence-corrected chi connectivity index (χ4v) is 4.24. The highest BCUT2D eigenvalue weighted by atomic mass is 16.5. The highest BCUT2D eigenvalue weighted by molar-refractivity contribution is 5.95. The summed E-state index contributed by atoms with van der Waals surface area (Å²) in [6, 6.07) is 14.8. The number of carbonyl (C=O) groups excluding carboxylic acids is 1. The van der Waals surface area contributed by atoms with E-state index in [2.05, 4.69) is 54.8 Å². The van der Waals surface area contributed by atoms with E-state index in [1.165, 1.54) is 12.7 Å². The molecular formula is C23H27N3O2. The van der Waals surface area contributed by atoms with Crippen LogP contribution in [0.3, 0.4) is 0 Å². The Balaban J connectivity index is 1.85. The number of aryl methyl sites for hydroxylation is 2. The molecule has 0 radical (unpaired) electrons. The van der Waals surface area contributed by atoms with Crippen molar-refractivity contribution in [3.63, 3.8) is 0 Å². The van der Waals surface area contributed by atoms with Gasteiger partial charge < -0.3 is 9.30 Å². The summed E-state index contributed by atoms with van der Waals surface area (Å²) in [4.78, 5) is 19.2. The maximum Gasteiger partial charge on any atom is 0.414 e.